The molecule has 0 amide bonds. The molecule has 148 valence electrons. The van der Waals surface area contributed by atoms with Crippen LogP contribution in [0.25, 0.3) is 10.9 Å². The number of hydrogen-bond acceptors (Lipinski definition) is 6. The van der Waals surface area contributed by atoms with E-state index in [0.29, 0.717) is 5.92 Å². The van der Waals surface area contributed by atoms with Gasteiger partial charge in [-0.3, -0.25) is 4.90 Å². The smallest absolute Gasteiger partial charge is 0.161 e. The fourth-order valence-corrected chi connectivity index (χ4v) is 5.44. The third-order valence-corrected chi connectivity index (χ3v) is 6.93. The Morgan fingerprint density at radius 1 is 1.11 bits per heavy atom. The van der Waals surface area contributed by atoms with Gasteiger partial charge >= 0.3 is 0 Å². The van der Waals surface area contributed by atoms with Crippen LogP contribution < -0.4 is 5.32 Å². The average Bonchev–Trinajstić information content (AvgIpc) is 3.32. The highest BCUT2D eigenvalue weighted by molar-refractivity contribution is 6.03. The summed E-state index contributed by atoms with van der Waals surface area (Å²) in [5, 5.41) is 13.9. The summed E-state index contributed by atoms with van der Waals surface area (Å²) in [5.41, 5.74) is 0.970. The summed E-state index contributed by atoms with van der Waals surface area (Å²) in [4.78, 5) is 8.58. The van der Waals surface area contributed by atoms with Gasteiger partial charge in [-0.05, 0) is 57.3 Å². The molecule has 7 nitrogen and oxygen atoms in total. The first-order chi connectivity index (χ1) is 13.8. The molecule has 6 heterocycles. The van der Waals surface area contributed by atoms with E-state index in [1.807, 2.05) is 4.68 Å². The van der Waals surface area contributed by atoms with Crippen LogP contribution in [0.3, 0.4) is 0 Å². The van der Waals surface area contributed by atoms with Crippen LogP contribution in [0.4, 0.5) is 5.82 Å². The summed E-state index contributed by atoms with van der Waals surface area (Å²) in [6.45, 7) is 4.21. The highest BCUT2D eigenvalue weighted by Crippen LogP contribution is 2.43. The van der Waals surface area contributed by atoms with Gasteiger partial charge in [-0.1, -0.05) is 17.3 Å². The van der Waals surface area contributed by atoms with Crippen LogP contribution >= 0.6 is 0 Å². The quantitative estimate of drug-likeness (QED) is 0.864. The number of nitrogens with one attached hydrogen (secondary N) is 1. The zero-order valence-corrected chi connectivity index (χ0v) is 16.1. The van der Waals surface area contributed by atoms with Crippen molar-refractivity contribution in [2.45, 2.75) is 50.4 Å². The molecule has 1 N–H and O–H groups in total. The first-order valence-electron chi connectivity index (χ1n) is 10.6. The average molecular weight is 381 g/mol. The van der Waals surface area contributed by atoms with Crippen LogP contribution in [0.1, 0.15) is 44.8 Å². The first-order valence-corrected chi connectivity index (χ1v) is 10.6. The molecule has 4 fully saturated rings. The van der Waals surface area contributed by atoms with E-state index in [2.05, 4.69) is 39.6 Å². The van der Waals surface area contributed by atoms with E-state index in [1.165, 1.54) is 32.4 Å². The number of aromatic nitrogens is 2. The summed E-state index contributed by atoms with van der Waals surface area (Å²) >= 11 is 0. The van der Waals surface area contributed by atoms with Gasteiger partial charge in [0.25, 0.3) is 0 Å². The number of para-hydroxylation sites is 1. The number of ether oxygens (including phenoxy) is 1. The van der Waals surface area contributed by atoms with Gasteiger partial charge in [-0.2, -0.15) is 5.10 Å². The van der Waals surface area contributed by atoms with Crippen molar-refractivity contribution in [1.29, 1.82) is 0 Å². The van der Waals surface area contributed by atoms with Crippen molar-refractivity contribution < 1.29 is 9.57 Å². The number of rotatable bonds is 2. The Bertz CT molecular complexity index is 911. The monoisotopic (exact) mass is 381 g/mol. The van der Waals surface area contributed by atoms with Crippen molar-refractivity contribution in [2.75, 3.05) is 31.6 Å². The first kappa shape index (κ1) is 16.8. The maximum absolute atomic E-state index is 6.06. The van der Waals surface area contributed by atoms with Crippen molar-refractivity contribution in [3.05, 3.63) is 24.3 Å². The minimum absolute atomic E-state index is 0.0178. The Hall–Kier alpha value is -2.12. The molecule has 2 unspecified atom stereocenters. The largest absolute Gasteiger partial charge is 0.386 e. The van der Waals surface area contributed by atoms with Crippen LogP contribution in [0.15, 0.2) is 29.4 Å². The number of oxime groups is 1. The van der Waals surface area contributed by atoms with E-state index in [0.717, 1.165) is 55.0 Å². The highest BCUT2D eigenvalue weighted by atomic mass is 16.7. The van der Waals surface area contributed by atoms with Gasteiger partial charge in [0, 0.05) is 24.5 Å². The number of anilines is 1. The zero-order valence-electron chi connectivity index (χ0n) is 16.1. The zero-order chi connectivity index (χ0) is 18.6. The molecule has 7 heteroatoms. The molecule has 1 spiro atoms. The third kappa shape index (κ3) is 2.63. The fraction of sp³-hybridized carbons (Fsp3) is 0.619. The number of nitrogens with zero attached hydrogens (tertiary/aromatic N) is 4. The van der Waals surface area contributed by atoms with E-state index in [4.69, 9.17) is 14.7 Å². The molecule has 4 saturated heterocycles. The summed E-state index contributed by atoms with van der Waals surface area (Å²) < 4.78 is 8.03. The highest BCUT2D eigenvalue weighted by Gasteiger charge is 2.52. The Labute approximate surface area is 164 Å². The number of amidine groups is 1. The van der Waals surface area contributed by atoms with Crippen LogP contribution in [0.5, 0.6) is 0 Å². The van der Waals surface area contributed by atoms with Gasteiger partial charge in [-0.25, -0.2) is 4.68 Å². The van der Waals surface area contributed by atoms with Gasteiger partial charge in [0.05, 0.1) is 11.9 Å². The SMILES string of the molecule is c1ccc2c(c1)c(NC1=NOC3(C1)CN1CCC3CC1)nn2C1CCCCO1. The molecule has 28 heavy (non-hydrogen) atoms. The Morgan fingerprint density at radius 2 is 2.00 bits per heavy atom. The molecule has 1 aromatic carbocycles. The van der Waals surface area contributed by atoms with Crippen molar-refractivity contribution in [3.63, 3.8) is 0 Å². The normalized spacial score (nSPS) is 34.6. The van der Waals surface area contributed by atoms with E-state index in [-0.39, 0.29) is 11.8 Å². The second-order valence-electron chi connectivity index (χ2n) is 8.68. The maximum atomic E-state index is 6.06. The predicted molar refractivity (Wildman–Crippen MR) is 107 cm³/mol. The molecule has 7 rings (SSSR count). The van der Waals surface area contributed by atoms with Crippen LogP contribution in [-0.2, 0) is 9.57 Å². The van der Waals surface area contributed by atoms with Crippen molar-refractivity contribution in [2.24, 2.45) is 11.1 Å². The molecular weight excluding hydrogens is 354 g/mol. The number of fused-ring (bicyclic) bond motifs is 3. The lowest BCUT2D eigenvalue weighted by atomic mass is 9.73. The molecule has 1 aromatic heterocycles. The summed E-state index contributed by atoms with van der Waals surface area (Å²) in [7, 11) is 0. The van der Waals surface area contributed by atoms with Crippen LogP contribution in [0, 0.1) is 5.92 Å². The van der Waals surface area contributed by atoms with E-state index >= 15 is 0 Å². The Kier molecular flexibility index (Phi) is 3.87. The lowest BCUT2D eigenvalue weighted by molar-refractivity contribution is -0.136. The maximum Gasteiger partial charge on any atom is 0.161 e. The molecule has 5 aliphatic heterocycles. The molecule has 5 aliphatic rings. The van der Waals surface area contributed by atoms with Gasteiger partial charge in [0.1, 0.15) is 0 Å². The standard InChI is InChI=1S/C21H27N5O2/c1-2-6-17-16(5-1)20(23-26(17)19-7-3-4-12-27-19)22-18-13-21(28-24-18)14-25-10-8-15(21)9-11-25/h1-2,5-6,15,19H,3-4,7-14H2,(H,22,23,24). The lowest BCUT2D eigenvalue weighted by Gasteiger charge is -2.49. The minimum Gasteiger partial charge on any atom is -0.386 e. The lowest BCUT2D eigenvalue weighted by Crippen LogP contribution is -2.59. The molecule has 0 saturated carbocycles. The number of hydrogen-bond donors (Lipinski definition) is 1. The molecular formula is C21H27N5O2. The molecule has 2 bridgehead atoms. The van der Waals surface area contributed by atoms with Crippen LogP contribution in [-0.4, -0.2) is 52.4 Å². The molecule has 0 aliphatic carbocycles. The topological polar surface area (TPSA) is 63.9 Å². The Morgan fingerprint density at radius 3 is 2.79 bits per heavy atom. The van der Waals surface area contributed by atoms with E-state index < -0.39 is 0 Å². The second kappa shape index (κ2) is 6.46. The van der Waals surface area contributed by atoms with Crippen molar-refractivity contribution in [1.82, 2.24) is 14.7 Å². The molecule has 2 aromatic rings. The third-order valence-electron chi connectivity index (χ3n) is 6.93. The summed E-state index contributed by atoms with van der Waals surface area (Å²) in [5.74, 6) is 2.37. The predicted octanol–water partition coefficient (Wildman–Crippen LogP) is 3.35. The van der Waals surface area contributed by atoms with Gasteiger partial charge in [0.15, 0.2) is 23.5 Å². The van der Waals surface area contributed by atoms with Gasteiger partial charge in [0.2, 0.25) is 0 Å². The molecule has 0 radical (unpaired) electrons. The minimum atomic E-state index is -0.135. The number of benzene rings is 1. The molecule has 2 atom stereocenters. The second-order valence-corrected chi connectivity index (χ2v) is 8.68. The van der Waals surface area contributed by atoms with Crippen LogP contribution in [0.2, 0.25) is 0 Å². The summed E-state index contributed by atoms with van der Waals surface area (Å²) in [6.07, 6.45) is 6.63. The Balaban J connectivity index is 1.27. The van der Waals surface area contributed by atoms with E-state index in [9.17, 15) is 0 Å². The van der Waals surface area contributed by atoms with E-state index in [1.54, 1.807) is 0 Å². The summed E-state index contributed by atoms with van der Waals surface area (Å²) in [6, 6.07) is 8.35. The fourth-order valence-electron chi connectivity index (χ4n) is 5.44. The van der Waals surface area contributed by atoms with Crippen molar-refractivity contribution in [3.8, 4) is 0 Å². The van der Waals surface area contributed by atoms with Gasteiger partial charge < -0.3 is 14.9 Å². The number of piperidine rings is 3. The van der Waals surface area contributed by atoms with Gasteiger partial charge in [-0.15, -0.1) is 0 Å². The van der Waals surface area contributed by atoms with Crippen molar-refractivity contribution >= 4 is 22.6 Å².